The Morgan fingerprint density at radius 1 is 0.950 bits per heavy atom. The lowest BCUT2D eigenvalue weighted by molar-refractivity contribution is 0.223. The average Bonchev–Trinajstić information content (AvgIpc) is 2.97. The van der Waals surface area contributed by atoms with Crippen molar-refractivity contribution in [2.24, 2.45) is 0 Å². The summed E-state index contributed by atoms with van der Waals surface area (Å²) in [5, 5.41) is 4.01. The highest BCUT2D eigenvalue weighted by atomic mass is 35.5. The van der Waals surface area contributed by atoms with Gasteiger partial charge in [0.2, 0.25) is 5.95 Å². The molecule has 1 aromatic heterocycles. The predicted molar refractivity (Wildman–Crippen MR) is 162 cm³/mol. The van der Waals surface area contributed by atoms with Crippen LogP contribution in [0.3, 0.4) is 0 Å². The Labute approximate surface area is 244 Å². The first-order valence-corrected chi connectivity index (χ1v) is 13.9. The fraction of sp³-hybridized carbons (Fsp3) is 0.233. The van der Waals surface area contributed by atoms with Gasteiger partial charge in [0.1, 0.15) is 12.4 Å². The number of halogens is 2. The molecule has 0 fully saturated rings. The standard InChI is InChI=1S/C30H30Cl2N6O2/c1-3-36(4-2)17-18-40-24-15-13-22(14-16-24)34-29-33-19-21-20-37(27-25(31)11-8-12-26(27)32)30(39)38(28(21)35-29)23-9-6-5-7-10-23/h5-16,19H,3-4,17-18,20H2,1-2H3,(H,33,34,35). The van der Waals surface area contributed by atoms with Gasteiger partial charge < -0.3 is 15.0 Å². The monoisotopic (exact) mass is 576 g/mol. The number of carbonyl (C=O) groups excluding carboxylic acids is 1. The topological polar surface area (TPSA) is 73.8 Å². The number of anilines is 5. The number of carbonyl (C=O) groups is 1. The van der Waals surface area contributed by atoms with Crippen LogP contribution in [0.5, 0.6) is 5.75 Å². The molecule has 0 atom stereocenters. The first kappa shape index (κ1) is 27.7. The van der Waals surface area contributed by atoms with Crippen LogP contribution in [-0.2, 0) is 6.54 Å². The molecule has 5 rings (SSSR count). The van der Waals surface area contributed by atoms with E-state index in [2.05, 4.69) is 29.0 Å². The second-order valence-corrected chi connectivity index (χ2v) is 9.99. The Morgan fingerprint density at radius 3 is 2.33 bits per heavy atom. The van der Waals surface area contributed by atoms with Crippen molar-refractivity contribution in [2.45, 2.75) is 20.4 Å². The SMILES string of the molecule is CCN(CC)CCOc1ccc(Nc2ncc3c(n2)N(c2ccccc2)C(=O)N(c2c(Cl)cccc2Cl)C3)cc1. The maximum absolute atomic E-state index is 13.9. The van der Waals surface area contributed by atoms with E-state index in [0.29, 0.717) is 39.8 Å². The van der Waals surface area contributed by atoms with E-state index in [1.54, 1.807) is 34.2 Å². The number of benzene rings is 3. The zero-order chi connectivity index (χ0) is 28.1. The molecule has 206 valence electrons. The van der Waals surface area contributed by atoms with Crippen LogP contribution in [0.4, 0.5) is 33.6 Å². The van der Waals surface area contributed by atoms with Gasteiger partial charge in [0, 0.05) is 24.0 Å². The molecule has 0 saturated carbocycles. The first-order chi connectivity index (χ1) is 19.5. The van der Waals surface area contributed by atoms with Gasteiger partial charge in [-0.15, -0.1) is 0 Å². The van der Waals surface area contributed by atoms with Crippen molar-refractivity contribution in [3.63, 3.8) is 0 Å². The number of para-hydroxylation sites is 2. The number of rotatable bonds is 10. The maximum Gasteiger partial charge on any atom is 0.335 e. The summed E-state index contributed by atoms with van der Waals surface area (Å²) in [6.45, 7) is 8.03. The van der Waals surface area contributed by atoms with Gasteiger partial charge in [0.05, 0.1) is 28.0 Å². The van der Waals surface area contributed by atoms with E-state index in [4.69, 9.17) is 32.9 Å². The number of nitrogens with one attached hydrogen (secondary N) is 1. The lowest BCUT2D eigenvalue weighted by atomic mass is 10.1. The molecule has 3 aromatic carbocycles. The van der Waals surface area contributed by atoms with Crippen LogP contribution in [0.25, 0.3) is 0 Å². The number of nitrogens with zero attached hydrogens (tertiary/aromatic N) is 5. The zero-order valence-corrected chi connectivity index (χ0v) is 23.9. The Balaban J connectivity index is 1.39. The summed E-state index contributed by atoms with van der Waals surface area (Å²) in [4.78, 5) is 28.6. The summed E-state index contributed by atoms with van der Waals surface area (Å²) in [6, 6.07) is 21.8. The van der Waals surface area contributed by atoms with E-state index >= 15 is 0 Å². The van der Waals surface area contributed by atoms with Crippen LogP contribution in [-0.4, -0.2) is 47.1 Å². The van der Waals surface area contributed by atoms with Crippen molar-refractivity contribution in [1.82, 2.24) is 14.9 Å². The van der Waals surface area contributed by atoms with Gasteiger partial charge in [0.15, 0.2) is 5.82 Å². The summed E-state index contributed by atoms with van der Waals surface area (Å²) >= 11 is 13.0. The molecular formula is C30H30Cl2N6O2. The average molecular weight is 578 g/mol. The lowest BCUT2D eigenvalue weighted by Gasteiger charge is -2.36. The molecule has 1 aliphatic rings. The fourth-order valence-corrected chi connectivity index (χ4v) is 5.14. The van der Waals surface area contributed by atoms with Gasteiger partial charge in [-0.1, -0.05) is 61.3 Å². The largest absolute Gasteiger partial charge is 0.492 e. The van der Waals surface area contributed by atoms with Crippen molar-refractivity contribution in [2.75, 3.05) is 41.4 Å². The summed E-state index contributed by atoms with van der Waals surface area (Å²) in [5.74, 6) is 1.65. The molecule has 4 aromatic rings. The van der Waals surface area contributed by atoms with E-state index in [9.17, 15) is 4.79 Å². The Morgan fingerprint density at radius 2 is 1.65 bits per heavy atom. The van der Waals surface area contributed by atoms with Crippen molar-refractivity contribution in [3.8, 4) is 5.75 Å². The highest BCUT2D eigenvalue weighted by molar-refractivity contribution is 6.40. The minimum Gasteiger partial charge on any atom is -0.492 e. The fourth-order valence-electron chi connectivity index (χ4n) is 4.54. The number of fused-ring (bicyclic) bond motifs is 1. The third-order valence-electron chi connectivity index (χ3n) is 6.71. The quantitative estimate of drug-likeness (QED) is 0.210. The highest BCUT2D eigenvalue weighted by Gasteiger charge is 2.36. The molecule has 8 nitrogen and oxygen atoms in total. The van der Waals surface area contributed by atoms with Gasteiger partial charge in [-0.2, -0.15) is 4.98 Å². The molecule has 1 aliphatic heterocycles. The second kappa shape index (κ2) is 12.6. The smallest absolute Gasteiger partial charge is 0.335 e. The van der Waals surface area contributed by atoms with Crippen LogP contribution in [0.15, 0.2) is 79.0 Å². The van der Waals surface area contributed by atoms with Gasteiger partial charge >= 0.3 is 6.03 Å². The zero-order valence-electron chi connectivity index (χ0n) is 22.3. The van der Waals surface area contributed by atoms with E-state index in [-0.39, 0.29) is 12.6 Å². The van der Waals surface area contributed by atoms with Crippen molar-refractivity contribution >= 4 is 58.1 Å². The molecule has 0 bridgehead atoms. The predicted octanol–water partition coefficient (Wildman–Crippen LogP) is 7.53. The minimum absolute atomic E-state index is 0.223. The summed E-state index contributed by atoms with van der Waals surface area (Å²) in [6.07, 6.45) is 1.72. The van der Waals surface area contributed by atoms with Gasteiger partial charge in [-0.3, -0.25) is 4.90 Å². The minimum atomic E-state index is -0.315. The summed E-state index contributed by atoms with van der Waals surface area (Å²) in [7, 11) is 0. The number of ether oxygens (including phenoxy) is 1. The Bertz CT molecular complexity index is 1450. The van der Waals surface area contributed by atoms with E-state index in [1.807, 2.05) is 54.6 Å². The van der Waals surface area contributed by atoms with E-state index in [1.165, 1.54) is 0 Å². The number of amides is 2. The van der Waals surface area contributed by atoms with E-state index < -0.39 is 0 Å². The number of urea groups is 1. The van der Waals surface area contributed by atoms with Crippen LogP contribution < -0.4 is 19.9 Å². The molecule has 1 N–H and O–H groups in total. The number of hydrogen-bond donors (Lipinski definition) is 1. The molecule has 0 saturated heterocycles. The van der Waals surface area contributed by atoms with Crippen molar-refractivity contribution < 1.29 is 9.53 Å². The Kier molecular flexibility index (Phi) is 8.69. The second-order valence-electron chi connectivity index (χ2n) is 9.18. The van der Waals surface area contributed by atoms with Crippen LogP contribution in [0.2, 0.25) is 10.0 Å². The maximum atomic E-state index is 13.9. The summed E-state index contributed by atoms with van der Waals surface area (Å²) in [5.41, 5.74) is 2.66. The van der Waals surface area contributed by atoms with Gasteiger partial charge in [0.25, 0.3) is 0 Å². The molecule has 0 spiro atoms. The highest BCUT2D eigenvalue weighted by Crippen LogP contribution is 2.41. The van der Waals surface area contributed by atoms with Gasteiger partial charge in [-0.05, 0) is 61.6 Å². The third kappa shape index (κ3) is 5.99. The number of aromatic nitrogens is 2. The molecule has 0 unspecified atom stereocenters. The normalized spacial score (nSPS) is 13.0. The van der Waals surface area contributed by atoms with Crippen molar-refractivity contribution in [1.29, 1.82) is 0 Å². The number of likely N-dealkylation sites (N-methyl/N-ethyl adjacent to an activating group) is 1. The van der Waals surface area contributed by atoms with Crippen molar-refractivity contribution in [3.05, 3.63) is 94.6 Å². The van der Waals surface area contributed by atoms with Crippen LogP contribution in [0.1, 0.15) is 19.4 Å². The molecular weight excluding hydrogens is 547 g/mol. The third-order valence-corrected chi connectivity index (χ3v) is 7.32. The first-order valence-electron chi connectivity index (χ1n) is 13.2. The molecule has 2 heterocycles. The Hall–Kier alpha value is -3.85. The summed E-state index contributed by atoms with van der Waals surface area (Å²) < 4.78 is 5.89. The van der Waals surface area contributed by atoms with Crippen LogP contribution >= 0.6 is 23.2 Å². The van der Waals surface area contributed by atoms with E-state index in [0.717, 1.165) is 36.6 Å². The molecule has 2 amide bonds. The molecule has 10 heteroatoms. The van der Waals surface area contributed by atoms with Gasteiger partial charge in [-0.25, -0.2) is 14.7 Å². The molecule has 0 radical (unpaired) electrons. The van der Waals surface area contributed by atoms with Crippen LogP contribution in [0, 0.1) is 0 Å². The molecule has 40 heavy (non-hydrogen) atoms. The molecule has 0 aliphatic carbocycles. The number of hydrogen-bond acceptors (Lipinski definition) is 6. The lowest BCUT2D eigenvalue weighted by Crippen LogP contribution is -2.45.